The number of aliphatic carboxylic acids is 1. The minimum Gasteiger partial charge on any atom is -0.487 e. The molecule has 3 atom stereocenters. The molecule has 0 bridgehead atoms. The molecule has 2 fully saturated rings. The molecule has 252 valence electrons. The van der Waals surface area contributed by atoms with Gasteiger partial charge in [0.05, 0.1) is 5.92 Å². The molecule has 1 aliphatic carbocycles. The van der Waals surface area contributed by atoms with Gasteiger partial charge in [0.2, 0.25) is 0 Å². The van der Waals surface area contributed by atoms with E-state index in [1.165, 1.54) is 18.2 Å². The van der Waals surface area contributed by atoms with Crippen LogP contribution in [0.15, 0.2) is 42.5 Å². The number of fused-ring (bicyclic) bond motifs is 1. The maximum Gasteiger partial charge on any atom is 0.573 e. The molecule has 2 aromatic carbocycles. The Morgan fingerprint density at radius 3 is 2.40 bits per heavy atom. The lowest BCUT2D eigenvalue weighted by molar-refractivity contribution is -0.275. The number of nitrogens with one attached hydrogen (secondary N) is 1. The number of aryl methyl sites for hydroxylation is 2. The number of rotatable bonds is 10. The second kappa shape index (κ2) is 12.6. The third kappa shape index (κ3) is 6.86. The lowest BCUT2D eigenvalue weighted by atomic mass is 9.80. The van der Waals surface area contributed by atoms with Gasteiger partial charge in [0, 0.05) is 36.0 Å². The zero-order chi connectivity index (χ0) is 33.7. The predicted molar refractivity (Wildman–Crippen MR) is 169 cm³/mol. The number of hydrogen-bond acceptors (Lipinski definition) is 5. The van der Waals surface area contributed by atoms with Crippen LogP contribution in [-0.4, -0.2) is 57.1 Å². The van der Waals surface area contributed by atoms with Crippen molar-refractivity contribution in [2.75, 3.05) is 13.1 Å². The van der Waals surface area contributed by atoms with Crippen LogP contribution in [0.4, 0.5) is 13.2 Å². The number of alkyl halides is 3. The number of benzene rings is 2. The highest BCUT2D eigenvalue weighted by molar-refractivity contribution is 5.88. The molecule has 2 aliphatic heterocycles. The Labute approximate surface area is 271 Å². The van der Waals surface area contributed by atoms with Crippen LogP contribution in [0.1, 0.15) is 97.7 Å². The highest BCUT2D eigenvalue weighted by atomic mass is 19.4. The molecule has 0 radical (unpaired) electrons. The molecule has 8 nitrogen and oxygen atoms in total. The summed E-state index contributed by atoms with van der Waals surface area (Å²) in [6, 6.07) is 11.8. The van der Waals surface area contributed by atoms with Crippen LogP contribution in [0.2, 0.25) is 0 Å². The maximum absolute atomic E-state index is 13.5. The monoisotopic (exact) mass is 654 g/mol. The average Bonchev–Trinajstić information content (AvgIpc) is 3.76. The molecule has 1 unspecified atom stereocenters. The van der Waals surface area contributed by atoms with E-state index in [-0.39, 0.29) is 17.4 Å². The van der Waals surface area contributed by atoms with Crippen molar-refractivity contribution >= 4 is 11.9 Å². The van der Waals surface area contributed by atoms with Crippen LogP contribution >= 0.6 is 0 Å². The lowest BCUT2D eigenvalue weighted by Crippen LogP contribution is -2.50. The SMILES string of the molecule is CCc1[nH]c(C(=O)O)cc1-c1ccc(OC(F)(F)F)c(C(C)N2CCC3(CCc4ccc([C@H](C5CC5)[C@H](C)C(=O)O)cc4O3)CC2)c1. The number of aromatic carboxylic acids is 1. The summed E-state index contributed by atoms with van der Waals surface area (Å²) in [4.78, 5) is 28.5. The number of nitrogens with zero attached hydrogens (tertiary/aromatic N) is 1. The number of H-pyrrole nitrogens is 1. The van der Waals surface area contributed by atoms with Crippen LogP contribution in [0.3, 0.4) is 0 Å². The first-order chi connectivity index (χ1) is 22.3. The van der Waals surface area contributed by atoms with E-state index < -0.39 is 35.9 Å². The number of likely N-dealkylation sites (tertiary alicyclic amines) is 1. The average molecular weight is 655 g/mol. The second-order valence-electron chi connectivity index (χ2n) is 13.4. The number of aromatic amines is 1. The molecule has 3 heterocycles. The number of piperidine rings is 1. The Morgan fingerprint density at radius 1 is 1.06 bits per heavy atom. The highest BCUT2D eigenvalue weighted by Crippen LogP contribution is 2.49. The Morgan fingerprint density at radius 2 is 1.79 bits per heavy atom. The highest BCUT2D eigenvalue weighted by Gasteiger charge is 2.43. The Bertz CT molecular complexity index is 1650. The Kier molecular flexibility index (Phi) is 8.80. The third-order valence-electron chi connectivity index (χ3n) is 10.4. The van der Waals surface area contributed by atoms with Gasteiger partial charge in [-0.2, -0.15) is 0 Å². The number of carbonyl (C=O) groups is 2. The first-order valence-corrected chi connectivity index (χ1v) is 16.4. The Hall–Kier alpha value is -3.99. The molecule has 0 amide bonds. The molecule has 1 saturated heterocycles. The van der Waals surface area contributed by atoms with Gasteiger partial charge < -0.3 is 24.7 Å². The summed E-state index contributed by atoms with van der Waals surface area (Å²) in [7, 11) is 0. The molecule has 47 heavy (non-hydrogen) atoms. The fourth-order valence-electron chi connectivity index (χ4n) is 7.58. The van der Waals surface area contributed by atoms with Gasteiger partial charge in [-0.15, -0.1) is 13.2 Å². The fraction of sp³-hybridized carbons (Fsp3) is 0.500. The minimum absolute atomic E-state index is 0.0176. The van der Waals surface area contributed by atoms with Crippen LogP contribution in [-0.2, 0) is 17.6 Å². The van der Waals surface area contributed by atoms with E-state index in [1.807, 2.05) is 19.9 Å². The van der Waals surface area contributed by atoms with Gasteiger partial charge in [-0.05, 0) is 105 Å². The smallest absolute Gasteiger partial charge is 0.487 e. The van der Waals surface area contributed by atoms with E-state index in [9.17, 15) is 33.0 Å². The summed E-state index contributed by atoms with van der Waals surface area (Å²) in [5.74, 6) is -1.55. The van der Waals surface area contributed by atoms with Crippen molar-refractivity contribution in [2.24, 2.45) is 11.8 Å². The number of carboxylic acid groups (broad SMARTS) is 2. The van der Waals surface area contributed by atoms with Crippen molar-refractivity contribution in [1.29, 1.82) is 0 Å². The number of hydrogen-bond donors (Lipinski definition) is 3. The van der Waals surface area contributed by atoms with E-state index in [4.69, 9.17) is 4.74 Å². The molecule has 3 N–H and O–H groups in total. The molecule has 3 aliphatic rings. The van der Waals surface area contributed by atoms with Gasteiger partial charge in [0.15, 0.2) is 0 Å². The largest absolute Gasteiger partial charge is 0.573 e. The van der Waals surface area contributed by atoms with E-state index >= 15 is 0 Å². The van der Waals surface area contributed by atoms with Gasteiger partial charge in [0.25, 0.3) is 0 Å². The van der Waals surface area contributed by atoms with Gasteiger partial charge >= 0.3 is 18.3 Å². The van der Waals surface area contributed by atoms with Gasteiger partial charge in [-0.25, -0.2) is 4.79 Å². The van der Waals surface area contributed by atoms with Crippen LogP contribution in [0, 0.1) is 11.8 Å². The van der Waals surface area contributed by atoms with Crippen molar-refractivity contribution in [1.82, 2.24) is 9.88 Å². The van der Waals surface area contributed by atoms with Crippen LogP contribution < -0.4 is 9.47 Å². The van der Waals surface area contributed by atoms with Crippen molar-refractivity contribution in [3.63, 3.8) is 0 Å². The van der Waals surface area contributed by atoms with Crippen LogP contribution in [0.25, 0.3) is 11.1 Å². The van der Waals surface area contributed by atoms with E-state index in [2.05, 4.69) is 26.8 Å². The minimum atomic E-state index is -4.87. The third-order valence-corrected chi connectivity index (χ3v) is 10.4. The van der Waals surface area contributed by atoms with E-state index in [0.717, 1.165) is 42.6 Å². The Balaban J connectivity index is 1.22. The molecular weight excluding hydrogens is 613 g/mol. The van der Waals surface area contributed by atoms with E-state index in [1.54, 1.807) is 13.0 Å². The molecule has 3 aromatic rings. The summed E-state index contributed by atoms with van der Waals surface area (Å²) >= 11 is 0. The van der Waals surface area contributed by atoms with Gasteiger partial charge in [-0.3, -0.25) is 9.69 Å². The molecule has 1 spiro atoms. The second-order valence-corrected chi connectivity index (χ2v) is 13.4. The van der Waals surface area contributed by atoms with Crippen LogP contribution in [0.5, 0.6) is 11.5 Å². The van der Waals surface area contributed by atoms with Gasteiger partial charge in [-0.1, -0.05) is 32.0 Å². The normalized spacial score (nSPS) is 19.8. The van der Waals surface area contributed by atoms with Crippen molar-refractivity contribution in [3.8, 4) is 22.6 Å². The topological polar surface area (TPSA) is 112 Å². The molecular formula is C36H41F3N2O6. The molecule has 11 heteroatoms. The number of carboxylic acids is 2. The standard InChI is InChI=1S/C36H41F3N2O6/c1-4-28-27(19-29(40-28)34(44)45)24-9-10-30(47-36(37,38)39)26(17-24)21(3)41-15-13-35(14-16-41)12-11-22-5-8-25(18-31(22)46-35)32(23-6-7-23)20(2)33(42)43/h5,8-10,17-21,23,32,40H,4,6-7,11-16H2,1-3H3,(H,42,43)(H,44,45)/t20-,21?,32-/m0/s1. The predicted octanol–water partition coefficient (Wildman–Crippen LogP) is 7.98. The zero-order valence-corrected chi connectivity index (χ0v) is 26.8. The number of halogens is 3. The summed E-state index contributed by atoms with van der Waals surface area (Å²) in [5, 5.41) is 19.2. The summed E-state index contributed by atoms with van der Waals surface area (Å²) < 4.78 is 51.7. The van der Waals surface area contributed by atoms with Crippen molar-refractivity contribution < 1.29 is 42.4 Å². The molecule has 1 aromatic heterocycles. The lowest BCUT2D eigenvalue weighted by Gasteiger charge is -2.46. The maximum atomic E-state index is 13.5. The zero-order valence-electron chi connectivity index (χ0n) is 26.8. The van der Waals surface area contributed by atoms with Crippen molar-refractivity contribution in [2.45, 2.75) is 89.6 Å². The first-order valence-electron chi connectivity index (χ1n) is 16.4. The van der Waals surface area contributed by atoms with Crippen molar-refractivity contribution in [3.05, 3.63) is 70.5 Å². The van der Waals surface area contributed by atoms with Gasteiger partial charge in [0.1, 0.15) is 22.8 Å². The quantitative estimate of drug-likeness (QED) is 0.203. The molecule has 1 saturated carbocycles. The summed E-state index contributed by atoms with van der Waals surface area (Å²) in [6.45, 7) is 6.72. The summed E-state index contributed by atoms with van der Waals surface area (Å²) in [6.07, 6.45) is 0.763. The fourth-order valence-corrected chi connectivity index (χ4v) is 7.58. The number of aromatic nitrogens is 1. The number of ether oxygens (including phenoxy) is 2. The first kappa shape index (κ1) is 32.9. The van der Waals surface area contributed by atoms with E-state index in [0.29, 0.717) is 60.7 Å². The molecule has 6 rings (SSSR count). The summed E-state index contributed by atoms with van der Waals surface area (Å²) in [5.41, 5.74) is 4.02.